The van der Waals surface area contributed by atoms with Crippen molar-refractivity contribution in [1.82, 2.24) is 9.97 Å². The molecule has 1 aromatic heterocycles. The quantitative estimate of drug-likeness (QED) is 0.744. The van der Waals surface area contributed by atoms with Gasteiger partial charge in [-0.15, -0.1) is 0 Å². The molecule has 0 bridgehead atoms. The van der Waals surface area contributed by atoms with Gasteiger partial charge in [-0.25, -0.2) is 4.98 Å². The topological polar surface area (TPSA) is 82.7 Å². The molecule has 2 N–H and O–H groups in total. The van der Waals surface area contributed by atoms with Crippen molar-refractivity contribution in [3.05, 3.63) is 30.5 Å². The van der Waals surface area contributed by atoms with Gasteiger partial charge in [-0.3, -0.25) is 0 Å². The Morgan fingerprint density at radius 3 is 2.75 bits per heavy atom. The van der Waals surface area contributed by atoms with E-state index >= 15 is 0 Å². The summed E-state index contributed by atoms with van der Waals surface area (Å²) in [6.07, 6.45) is 4.37. The number of nitrogens with zero attached hydrogens (tertiary/aromatic N) is 3. The largest absolute Gasteiger partial charge is 0.493 e. The minimum atomic E-state index is 0.425. The molecule has 1 aliphatic rings. The molecule has 24 heavy (non-hydrogen) atoms. The average Bonchev–Trinajstić information content (AvgIpc) is 3.42. The third kappa shape index (κ3) is 4.05. The van der Waals surface area contributed by atoms with Gasteiger partial charge in [0.1, 0.15) is 12.4 Å². The fraction of sp³-hybridized carbons (Fsp3) is 0.412. The lowest BCUT2D eigenvalue weighted by Crippen LogP contribution is -2.14. The molecule has 0 amide bonds. The number of methoxy groups -OCH3 is 1. The zero-order valence-corrected chi connectivity index (χ0v) is 13.9. The van der Waals surface area contributed by atoms with Crippen LogP contribution in [-0.2, 0) is 4.74 Å². The second-order valence-corrected chi connectivity index (χ2v) is 5.59. The van der Waals surface area contributed by atoms with Crippen molar-refractivity contribution >= 4 is 17.5 Å². The molecule has 3 rings (SSSR count). The molecule has 0 atom stereocenters. The molecule has 128 valence electrons. The van der Waals surface area contributed by atoms with Crippen LogP contribution in [0.5, 0.6) is 11.5 Å². The standard InChI is InChI=1S/C17H22N4O3/c1-21(17-19-8-7-16(18)20-17)12-3-6-14(22-2)15(11-12)24-10-9-23-13-4-5-13/h3,6-8,11,13H,4-5,9-10H2,1-2H3,(H2,18,19,20). The zero-order chi connectivity index (χ0) is 16.9. The van der Waals surface area contributed by atoms with E-state index < -0.39 is 0 Å². The summed E-state index contributed by atoms with van der Waals surface area (Å²) in [5.74, 6) is 2.27. The number of aromatic nitrogens is 2. The number of rotatable bonds is 8. The van der Waals surface area contributed by atoms with Gasteiger partial charge in [0.25, 0.3) is 0 Å². The van der Waals surface area contributed by atoms with Crippen molar-refractivity contribution in [1.29, 1.82) is 0 Å². The van der Waals surface area contributed by atoms with Gasteiger partial charge in [-0.1, -0.05) is 0 Å². The summed E-state index contributed by atoms with van der Waals surface area (Å²) in [5.41, 5.74) is 6.60. The van der Waals surface area contributed by atoms with Crippen LogP contribution in [0.25, 0.3) is 0 Å². The van der Waals surface area contributed by atoms with Crippen LogP contribution in [0.15, 0.2) is 30.5 Å². The Labute approximate surface area is 141 Å². The van der Waals surface area contributed by atoms with E-state index in [1.165, 1.54) is 0 Å². The van der Waals surface area contributed by atoms with Crippen LogP contribution in [0.3, 0.4) is 0 Å². The summed E-state index contributed by atoms with van der Waals surface area (Å²) in [6, 6.07) is 7.32. The van der Waals surface area contributed by atoms with Crippen LogP contribution < -0.4 is 20.1 Å². The van der Waals surface area contributed by atoms with Gasteiger partial charge in [-0.2, -0.15) is 4.98 Å². The van der Waals surface area contributed by atoms with Gasteiger partial charge in [0, 0.05) is 25.0 Å². The van der Waals surface area contributed by atoms with Gasteiger partial charge in [0.2, 0.25) is 5.95 Å². The minimum absolute atomic E-state index is 0.425. The van der Waals surface area contributed by atoms with Crippen LogP contribution in [0.2, 0.25) is 0 Å². The molecule has 1 fully saturated rings. The smallest absolute Gasteiger partial charge is 0.231 e. The molecule has 1 saturated carbocycles. The number of nitrogen functional groups attached to an aromatic ring is 1. The van der Waals surface area contributed by atoms with Gasteiger partial charge < -0.3 is 24.8 Å². The molecule has 2 aromatic rings. The Morgan fingerprint density at radius 1 is 1.21 bits per heavy atom. The number of ether oxygens (including phenoxy) is 3. The summed E-state index contributed by atoms with van der Waals surface area (Å²) < 4.78 is 16.8. The van der Waals surface area contributed by atoms with E-state index in [4.69, 9.17) is 19.9 Å². The van der Waals surface area contributed by atoms with Crippen molar-refractivity contribution in [2.45, 2.75) is 18.9 Å². The lowest BCUT2D eigenvalue weighted by molar-refractivity contribution is 0.0872. The number of anilines is 3. The molecule has 0 unspecified atom stereocenters. The first-order valence-electron chi connectivity index (χ1n) is 7.92. The van der Waals surface area contributed by atoms with Crippen molar-refractivity contribution in [3.63, 3.8) is 0 Å². The molecule has 0 saturated heterocycles. The third-order valence-corrected chi connectivity index (χ3v) is 3.72. The van der Waals surface area contributed by atoms with Crippen molar-refractivity contribution in [3.8, 4) is 11.5 Å². The van der Waals surface area contributed by atoms with E-state index in [1.807, 2.05) is 30.1 Å². The fourth-order valence-electron chi connectivity index (χ4n) is 2.23. The Morgan fingerprint density at radius 2 is 2.04 bits per heavy atom. The number of benzene rings is 1. The molecule has 7 heteroatoms. The van der Waals surface area contributed by atoms with Gasteiger partial charge in [-0.05, 0) is 31.0 Å². The Hall–Kier alpha value is -2.54. The highest BCUT2D eigenvalue weighted by Crippen LogP contribution is 2.33. The Balaban J connectivity index is 1.71. The molecule has 0 spiro atoms. The van der Waals surface area contributed by atoms with Gasteiger partial charge in [0.05, 0.1) is 19.8 Å². The summed E-state index contributed by atoms with van der Waals surface area (Å²) >= 11 is 0. The van der Waals surface area contributed by atoms with Crippen LogP contribution in [0.1, 0.15) is 12.8 Å². The summed E-state index contributed by atoms with van der Waals surface area (Å²) in [4.78, 5) is 10.3. The average molecular weight is 330 g/mol. The van der Waals surface area contributed by atoms with E-state index in [-0.39, 0.29) is 0 Å². The molecule has 7 nitrogen and oxygen atoms in total. The van der Waals surface area contributed by atoms with Crippen LogP contribution in [-0.4, -0.2) is 43.4 Å². The SMILES string of the molecule is COc1ccc(N(C)c2nccc(N)n2)cc1OCCOC1CC1. The predicted octanol–water partition coefficient (Wildman–Crippen LogP) is 2.39. The molecule has 1 aliphatic carbocycles. The van der Waals surface area contributed by atoms with E-state index in [9.17, 15) is 0 Å². The number of hydrogen-bond acceptors (Lipinski definition) is 7. The van der Waals surface area contributed by atoms with E-state index in [2.05, 4.69) is 9.97 Å². The van der Waals surface area contributed by atoms with Crippen molar-refractivity contribution in [2.24, 2.45) is 0 Å². The molecule has 0 aliphatic heterocycles. The minimum Gasteiger partial charge on any atom is -0.493 e. The monoisotopic (exact) mass is 330 g/mol. The van der Waals surface area contributed by atoms with Crippen LogP contribution >= 0.6 is 0 Å². The predicted molar refractivity (Wildman–Crippen MR) is 92.0 cm³/mol. The van der Waals surface area contributed by atoms with E-state index in [0.29, 0.717) is 42.6 Å². The van der Waals surface area contributed by atoms with Gasteiger partial charge in [0.15, 0.2) is 11.5 Å². The number of nitrogens with two attached hydrogens (primary N) is 1. The van der Waals surface area contributed by atoms with Crippen LogP contribution in [0.4, 0.5) is 17.5 Å². The third-order valence-electron chi connectivity index (χ3n) is 3.72. The maximum atomic E-state index is 5.81. The molecular weight excluding hydrogens is 308 g/mol. The lowest BCUT2D eigenvalue weighted by Gasteiger charge is -2.19. The first-order chi connectivity index (χ1) is 11.7. The highest BCUT2D eigenvalue weighted by molar-refractivity contribution is 5.62. The molecule has 1 aromatic carbocycles. The summed E-state index contributed by atoms with van der Waals surface area (Å²) in [6.45, 7) is 1.06. The summed E-state index contributed by atoms with van der Waals surface area (Å²) in [5, 5.41) is 0. The maximum absolute atomic E-state index is 5.81. The van der Waals surface area contributed by atoms with Crippen LogP contribution in [0, 0.1) is 0 Å². The van der Waals surface area contributed by atoms with E-state index in [1.54, 1.807) is 19.4 Å². The first kappa shape index (κ1) is 16.3. The van der Waals surface area contributed by atoms with E-state index in [0.717, 1.165) is 18.5 Å². The fourth-order valence-corrected chi connectivity index (χ4v) is 2.23. The summed E-state index contributed by atoms with van der Waals surface area (Å²) in [7, 11) is 3.49. The van der Waals surface area contributed by atoms with Gasteiger partial charge >= 0.3 is 0 Å². The second-order valence-electron chi connectivity index (χ2n) is 5.59. The lowest BCUT2D eigenvalue weighted by atomic mass is 10.2. The second kappa shape index (κ2) is 7.35. The molecule has 0 radical (unpaired) electrons. The highest BCUT2D eigenvalue weighted by Gasteiger charge is 2.21. The Kier molecular flexibility index (Phi) is 5.00. The molecular formula is C17H22N4O3. The normalized spacial score (nSPS) is 13.6. The first-order valence-corrected chi connectivity index (χ1v) is 7.92. The highest BCUT2D eigenvalue weighted by atomic mass is 16.5. The van der Waals surface area contributed by atoms with Crippen molar-refractivity contribution in [2.75, 3.05) is 38.0 Å². The zero-order valence-electron chi connectivity index (χ0n) is 13.9. The Bertz CT molecular complexity index is 691. The molecule has 1 heterocycles. The maximum Gasteiger partial charge on any atom is 0.231 e. The number of hydrogen-bond donors (Lipinski definition) is 1. The van der Waals surface area contributed by atoms with Crippen molar-refractivity contribution < 1.29 is 14.2 Å².